The number of piperidine rings is 1. The van der Waals surface area contributed by atoms with Crippen molar-refractivity contribution in [2.75, 3.05) is 26.2 Å². The van der Waals surface area contributed by atoms with E-state index < -0.39 is 10.0 Å². The molecular formula is C22H25N3O4S. The molecule has 0 atom stereocenters. The van der Waals surface area contributed by atoms with Crippen molar-refractivity contribution in [3.05, 3.63) is 59.7 Å². The Morgan fingerprint density at radius 3 is 2.63 bits per heavy atom. The van der Waals surface area contributed by atoms with Gasteiger partial charge in [0.1, 0.15) is 18.4 Å². The van der Waals surface area contributed by atoms with Gasteiger partial charge < -0.3 is 10.1 Å². The average Bonchev–Trinajstić information content (AvgIpc) is 2.76. The Hall–Kier alpha value is -2.89. The number of hydrogen-bond acceptors (Lipinski definition) is 5. The standard InChI is InChI=1S/C22H25N3O4S/c1-17-5-4-7-20(15-17)29-14-11-24-22(26)18-9-12-25(13-10-18)30(27,28)21-8-3-2-6-19(21)16-23/h2-8,15,18H,9-14H2,1H3,(H,24,26). The van der Waals surface area contributed by atoms with Gasteiger partial charge in [-0.25, -0.2) is 8.42 Å². The van der Waals surface area contributed by atoms with Gasteiger partial charge in [-0.2, -0.15) is 9.57 Å². The van der Waals surface area contributed by atoms with Gasteiger partial charge in [0.15, 0.2) is 0 Å². The van der Waals surface area contributed by atoms with Gasteiger partial charge in [0.2, 0.25) is 15.9 Å². The van der Waals surface area contributed by atoms with Gasteiger partial charge in [0.05, 0.1) is 17.0 Å². The molecule has 0 spiro atoms. The molecular weight excluding hydrogens is 402 g/mol. The van der Waals surface area contributed by atoms with Crippen molar-refractivity contribution in [3.63, 3.8) is 0 Å². The van der Waals surface area contributed by atoms with Crippen molar-refractivity contribution in [1.29, 1.82) is 5.26 Å². The van der Waals surface area contributed by atoms with Crippen LogP contribution in [0.2, 0.25) is 0 Å². The smallest absolute Gasteiger partial charge is 0.244 e. The molecule has 158 valence electrons. The van der Waals surface area contributed by atoms with Gasteiger partial charge in [0, 0.05) is 19.0 Å². The van der Waals surface area contributed by atoms with E-state index >= 15 is 0 Å². The van der Waals surface area contributed by atoms with Gasteiger partial charge in [-0.1, -0.05) is 24.3 Å². The number of carbonyl (C=O) groups is 1. The molecule has 3 rings (SSSR count). The van der Waals surface area contributed by atoms with Gasteiger partial charge >= 0.3 is 0 Å². The fourth-order valence-corrected chi connectivity index (χ4v) is 5.09. The van der Waals surface area contributed by atoms with E-state index in [9.17, 15) is 18.5 Å². The van der Waals surface area contributed by atoms with Crippen LogP contribution in [0.1, 0.15) is 24.0 Å². The Kier molecular flexibility index (Phi) is 7.08. The number of nitrogens with zero attached hydrogens (tertiary/aromatic N) is 2. The minimum atomic E-state index is -3.75. The van der Waals surface area contributed by atoms with Crippen molar-refractivity contribution in [2.24, 2.45) is 5.92 Å². The molecule has 0 saturated carbocycles. The first kappa shape index (κ1) is 21.8. The number of nitrogens with one attached hydrogen (secondary N) is 1. The fourth-order valence-electron chi connectivity index (χ4n) is 3.47. The summed E-state index contributed by atoms with van der Waals surface area (Å²) >= 11 is 0. The zero-order valence-corrected chi connectivity index (χ0v) is 17.7. The number of nitriles is 1. The maximum absolute atomic E-state index is 12.9. The second-order valence-corrected chi connectivity index (χ2v) is 9.15. The number of sulfonamides is 1. The minimum Gasteiger partial charge on any atom is -0.492 e. The molecule has 30 heavy (non-hydrogen) atoms. The number of ether oxygens (including phenoxy) is 1. The molecule has 2 aromatic rings. The van der Waals surface area contributed by atoms with E-state index in [0.29, 0.717) is 26.0 Å². The molecule has 1 heterocycles. The van der Waals surface area contributed by atoms with Crippen LogP contribution in [0.5, 0.6) is 5.75 Å². The van der Waals surface area contributed by atoms with Crippen LogP contribution >= 0.6 is 0 Å². The Balaban J connectivity index is 1.48. The van der Waals surface area contributed by atoms with Crippen molar-refractivity contribution < 1.29 is 17.9 Å². The van der Waals surface area contributed by atoms with Crippen molar-refractivity contribution in [1.82, 2.24) is 9.62 Å². The number of hydrogen-bond donors (Lipinski definition) is 1. The summed E-state index contributed by atoms with van der Waals surface area (Å²) in [5.74, 6) is 0.444. The summed E-state index contributed by atoms with van der Waals surface area (Å²) in [4.78, 5) is 12.4. The Labute approximate surface area is 177 Å². The SMILES string of the molecule is Cc1cccc(OCCNC(=O)C2CCN(S(=O)(=O)c3ccccc3C#N)CC2)c1. The highest BCUT2D eigenvalue weighted by Gasteiger charge is 2.33. The third-order valence-electron chi connectivity index (χ3n) is 5.11. The maximum Gasteiger partial charge on any atom is 0.244 e. The van der Waals surface area contributed by atoms with Crippen molar-refractivity contribution in [2.45, 2.75) is 24.7 Å². The second-order valence-electron chi connectivity index (χ2n) is 7.24. The molecule has 1 aliphatic heterocycles. The summed E-state index contributed by atoms with van der Waals surface area (Å²) in [5.41, 5.74) is 1.24. The predicted octanol–water partition coefficient (Wildman–Crippen LogP) is 2.46. The maximum atomic E-state index is 12.9. The predicted molar refractivity (Wildman–Crippen MR) is 112 cm³/mol. The summed E-state index contributed by atoms with van der Waals surface area (Å²) in [6.45, 7) is 3.24. The molecule has 0 bridgehead atoms. The highest BCUT2D eigenvalue weighted by atomic mass is 32.2. The molecule has 0 aliphatic carbocycles. The molecule has 7 nitrogen and oxygen atoms in total. The summed E-state index contributed by atoms with van der Waals surface area (Å²) in [7, 11) is -3.75. The monoisotopic (exact) mass is 427 g/mol. The van der Waals surface area contributed by atoms with E-state index in [2.05, 4.69) is 5.32 Å². The van der Waals surface area contributed by atoms with E-state index in [1.807, 2.05) is 37.3 Å². The van der Waals surface area contributed by atoms with Crippen LogP contribution in [0.4, 0.5) is 0 Å². The average molecular weight is 428 g/mol. The molecule has 0 radical (unpaired) electrons. The molecule has 8 heteroatoms. The van der Waals surface area contributed by atoms with Gasteiger partial charge in [0.25, 0.3) is 0 Å². The van der Waals surface area contributed by atoms with E-state index in [1.54, 1.807) is 12.1 Å². The summed E-state index contributed by atoms with van der Waals surface area (Å²) in [6.07, 6.45) is 0.886. The van der Waals surface area contributed by atoms with Crippen LogP contribution in [0.25, 0.3) is 0 Å². The number of amides is 1. The zero-order chi connectivity index (χ0) is 21.6. The molecule has 1 aliphatic rings. The number of rotatable bonds is 7. The Morgan fingerprint density at radius 1 is 1.20 bits per heavy atom. The van der Waals surface area contributed by atoms with E-state index in [-0.39, 0.29) is 35.4 Å². The first-order valence-electron chi connectivity index (χ1n) is 9.88. The van der Waals surface area contributed by atoms with Crippen molar-refractivity contribution in [3.8, 4) is 11.8 Å². The summed E-state index contributed by atoms with van der Waals surface area (Å²) < 4.78 is 32.7. The molecule has 2 aromatic carbocycles. The Morgan fingerprint density at radius 2 is 1.93 bits per heavy atom. The molecule has 0 aromatic heterocycles. The molecule has 1 saturated heterocycles. The van der Waals surface area contributed by atoms with Crippen LogP contribution in [-0.4, -0.2) is 44.9 Å². The van der Waals surface area contributed by atoms with Gasteiger partial charge in [-0.3, -0.25) is 4.79 Å². The molecule has 1 fully saturated rings. The number of aryl methyl sites for hydroxylation is 1. The third-order valence-corrected chi connectivity index (χ3v) is 7.07. The van der Waals surface area contributed by atoms with Crippen molar-refractivity contribution >= 4 is 15.9 Å². The summed E-state index contributed by atoms with van der Waals surface area (Å²) in [6, 6.07) is 15.8. The van der Waals surface area contributed by atoms with Crippen LogP contribution in [0.15, 0.2) is 53.4 Å². The Bertz CT molecular complexity index is 1040. The lowest BCUT2D eigenvalue weighted by Crippen LogP contribution is -2.43. The van der Waals surface area contributed by atoms with Gasteiger partial charge in [-0.05, 0) is 49.6 Å². The van der Waals surface area contributed by atoms with E-state index in [0.717, 1.165) is 11.3 Å². The normalized spacial score (nSPS) is 15.3. The first-order chi connectivity index (χ1) is 14.4. The van der Waals surface area contributed by atoms with Gasteiger partial charge in [-0.15, -0.1) is 0 Å². The highest BCUT2D eigenvalue weighted by molar-refractivity contribution is 7.89. The largest absolute Gasteiger partial charge is 0.492 e. The van der Waals surface area contributed by atoms with Crippen LogP contribution in [0, 0.1) is 24.2 Å². The fraction of sp³-hybridized carbons (Fsp3) is 0.364. The topological polar surface area (TPSA) is 99.5 Å². The van der Waals surface area contributed by atoms with E-state index in [1.165, 1.54) is 16.4 Å². The molecule has 0 unspecified atom stereocenters. The second kappa shape index (κ2) is 9.74. The minimum absolute atomic E-state index is 0.0173. The zero-order valence-electron chi connectivity index (χ0n) is 16.9. The molecule has 1 N–H and O–H groups in total. The van der Waals surface area contributed by atoms with E-state index in [4.69, 9.17) is 4.74 Å². The number of benzene rings is 2. The first-order valence-corrected chi connectivity index (χ1v) is 11.3. The quantitative estimate of drug-likeness (QED) is 0.685. The highest BCUT2D eigenvalue weighted by Crippen LogP contribution is 2.25. The van der Waals surface area contributed by atoms with Crippen LogP contribution in [-0.2, 0) is 14.8 Å². The number of carbonyl (C=O) groups excluding carboxylic acids is 1. The third kappa shape index (κ3) is 5.17. The van der Waals surface area contributed by atoms with Crippen LogP contribution in [0.3, 0.4) is 0 Å². The van der Waals surface area contributed by atoms with Crippen LogP contribution < -0.4 is 10.1 Å². The summed E-state index contributed by atoms with van der Waals surface area (Å²) in [5, 5.41) is 12.1. The molecule has 1 amide bonds. The lowest BCUT2D eigenvalue weighted by atomic mass is 9.97. The lowest BCUT2D eigenvalue weighted by Gasteiger charge is -2.30. The lowest BCUT2D eigenvalue weighted by molar-refractivity contribution is -0.126.